The molecule has 0 atom stereocenters. The lowest BCUT2D eigenvalue weighted by Crippen LogP contribution is -2.39. The third-order valence-corrected chi connectivity index (χ3v) is 22.7. The largest absolute Gasteiger partial charge is 0.497 e. The van der Waals surface area contributed by atoms with Crippen LogP contribution in [-0.2, 0) is 66.1 Å². The molecule has 0 spiro atoms. The third kappa shape index (κ3) is 22.1. The number of benzene rings is 9. The van der Waals surface area contributed by atoms with E-state index in [-0.39, 0.29) is 29.8 Å². The molecule has 3 aliphatic carbocycles. The van der Waals surface area contributed by atoms with Gasteiger partial charge in [-0.3, -0.25) is 14.4 Å². The number of aryl methyl sites for hydroxylation is 1. The van der Waals surface area contributed by atoms with Gasteiger partial charge in [0.1, 0.15) is 17.2 Å². The van der Waals surface area contributed by atoms with E-state index < -0.39 is 0 Å². The molecule has 0 bridgehead atoms. The SMILES string of the molecule is COCCCOc1cc(CN(C(=O)C2=C(c3cccc(-c4ccccc4)c3)CCNC2)C2CC2)cc(OC)c1.COCCCn1cc(CN(C(=O)C2=C(c3cccc(-c4ccccc4)c3)CCNC2)C2CC2)c2ccccc21.COCCOCc1cc(CN(C(=O)C2=C(c3cccc(-c4ccccc4)c3)CCNC2)C2CC2)cc(OC)c1. The predicted octanol–water partition coefficient (Wildman–Crippen LogP) is 17.5. The van der Waals surface area contributed by atoms with Crippen LogP contribution < -0.4 is 30.2 Å². The van der Waals surface area contributed by atoms with Gasteiger partial charge in [-0.15, -0.1) is 0 Å². The first kappa shape index (κ1) is 82.8. The Labute approximate surface area is 690 Å². The molecular formula is C100H113N7O10. The van der Waals surface area contributed by atoms with Crippen molar-refractivity contribution in [2.24, 2.45) is 0 Å². The average Bonchev–Trinajstić information content (AvgIpc) is 1.71. The van der Waals surface area contributed by atoms with Gasteiger partial charge in [-0.1, -0.05) is 170 Å². The van der Waals surface area contributed by atoms with Gasteiger partial charge in [0, 0.05) is 145 Å². The summed E-state index contributed by atoms with van der Waals surface area (Å²) in [5.41, 5.74) is 22.2. The lowest BCUT2D eigenvalue weighted by Gasteiger charge is -2.28. The van der Waals surface area contributed by atoms with Crippen molar-refractivity contribution in [1.82, 2.24) is 35.2 Å². The fraction of sp³-hybridized carbons (Fsp3) is 0.350. The van der Waals surface area contributed by atoms with Gasteiger partial charge in [0.25, 0.3) is 17.7 Å². The maximum atomic E-state index is 14.3. The maximum absolute atomic E-state index is 14.3. The molecule has 0 radical (unpaired) electrons. The number of rotatable bonds is 34. The Balaban J connectivity index is 0.000000144. The van der Waals surface area contributed by atoms with Crippen LogP contribution in [0, 0.1) is 0 Å². The van der Waals surface area contributed by atoms with Gasteiger partial charge < -0.3 is 68.4 Å². The van der Waals surface area contributed by atoms with Gasteiger partial charge in [-0.25, -0.2) is 0 Å². The summed E-state index contributed by atoms with van der Waals surface area (Å²) in [6, 6.07) is 78.6. The molecule has 17 nitrogen and oxygen atoms in total. The van der Waals surface area contributed by atoms with Crippen molar-refractivity contribution in [2.75, 3.05) is 108 Å². The molecule has 0 saturated heterocycles. The molecule has 10 aromatic rings. The molecule has 3 fully saturated rings. The summed E-state index contributed by atoms with van der Waals surface area (Å²) >= 11 is 0. The number of hydrogen-bond donors (Lipinski definition) is 3. The van der Waals surface area contributed by atoms with E-state index >= 15 is 0 Å². The van der Waals surface area contributed by atoms with E-state index in [2.05, 4.69) is 212 Å². The van der Waals surface area contributed by atoms with Gasteiger partial charge in [-0.05, 0) is 221 Å². The van der Waals surface area contributed by atoms with E-state index in [1.54, 1.807) is 35.5 Å². The monoisotopic (exact) mass is 1570 g/mol. The Kier molecular flexibility index (Phi) is 29.3. The second-order valence-electron chi connectivity index (χ2n) is 31.1. The molecular weight excluding hydrogens is 1460 g/mol. The first-order chi connectivity index (χ1) is 57.5. The molecule has 3 N–H and O–H groups in total. The highest BCUT2D eigenvalue weighted by molar-refractivity contribution is 6.05. The van der Waals surface area contributed by atoms with Crippen LogP contribution in [0.3, 0.4) is 0 Å². The summed E-state index contributed by atoms with van der Waals surface area (Å²) in [6.45, 7) is 10.5. The lowest BCUT2D eigenvalue weighted by atomic mass is 9.91. The van der Waals surface area contributed by atoms with E-state index in [1.807, 2.05) is 53.4 Å². The number of fused-ring (bicyclic) bond motifs is 1. The van der Waals surface area contributed by atoms with Crippen LogP contribution >= 0.6 is 0 Å². The fourth-order valence-electron chi connectivity index (χ4n) is 16.2. The smallest absolute Gasteiger partial charge is 0.251 e. The molecule has 3 aliphatic heterocycles. The Bertz CT molecular complexity index is 4880. The second kappa shape index (κ2) is 41.4. The number of nitrogens with zero attached hydrogens (tertiary/aromatic N) is 4. The molecule has 3 amide bonds. The van der Waals surface area contributed by atoms with Crippen LogP contribution in [0.15, 0.2) is 247 Å². The van der Waals surface area contributed by atoms with Gasteiger partial charge >= 0.3 is 0 Å². The van der Waals surface area contributed by atoms with E-state index in [9.17, 15) is 14.4 Å². The van der Waals surface area contributed by atoms with Crippen molar-refractivity contribution in [3.05, 3.63) is 286 Å². The van der Waals surface area contributed by atoms with Crippen molar-refractivity contribution in [1.29, 1.82) is 0 Å². The first-order valence-corrected chi connectivity index (χ1v) is 41.8. The summed E-state index contributed by atoms with van der Waals surface area (Å²) in [5, 5.41) is 11.6. The highest BCUT2D eigenvalue weighted by atomic mass is 16.5. The standard InChI is InChI=1S/C34H37N3O2.2C33H38N2O4/c1-39-20-8-19-36-23-28(31-13-5-6-14-33(31)36)24-37(29-15-16-29)34(38)32-22-35-18-17-30(32)27-12-7-11-26(21-27)25-9-3-2-4-10-25;1-37-16-7-17-39-30-19-24(18-29(21-30)38-2)23-35(28-12-13-28)33(36)32-22-34-15-14-31(32)27-11-6-10-26(20-27)25-8-4-3-5-9-25;1-37-15-16-39-23-25-17-24(18-30(19-25)38-2)22-35(29-11-12-29)33(36)32-21-34-14-13-31(32)28-10-6-9-27(20-28)26-7-4-3-5-8-26/h2-7,9-14,21,23,29,35H,8,15-20,22,24H2,1H3;3-6,8-11,18-21,28,34H,7,12-17,22-23H2,1-2H3;3-10,17-20,29,34H,11-16,21-23H2,1-2H3. The Morgan fingerprint density at radius 2 is 0.769 bits per heavy atom. The van der Waals surface area contributed by atoms with E-state index in [0.29, 0.717) is 78.3 Å². The Hall–Kier alpha value is -10.7. The van der Waals surface area contributed by atoms with E-state index in [4.69, 9.17) is 33.2 Å². The number of amides is 3. The predicted molar refractivity (Wildman–Crippen MR) is 468 cm³/mol. The summed E-state index contributed by atoms with van der Waals surface area (Å²) in [6.07, 6.45) is 12.9. The number of nitrogens with one attached hydrogen (secondary N) is 3. The summed E-state index contributed by atoms with van der Waals surface area (Å²) in [5.74, 6) is 2.69. The molecule has 9 aromatic carbocycles. The minimum atomic E-state index is 0.121. The zero-order valence-corrected chi connectivity index (χ0v) is 68.6. The van der Waals surface area contributed by atoms with Gasteiger partial charge in [0.2, 0.25) is 0 Å². The van der Waals surface area contributed by atoms with E-state index in [1.165, 1.54) is 55.4 Å². The van der Waals surface area contributed by atoms with Crippen LogP contribution in [0.2, 0.25) is 0 Å². The minimum absolute atomic E-state index is 0.121. The molecule has 3 saturated carbocycles. The zero-order chi connectivity index (χ0) is 80.7. The fourth-order valence-corrected chi connectivity index (χ4v) is 16.2. The van der Waals surface area contributed by atoms with Crippen molar-refractivity contribution in [2.45, 2.75) is 122 Å². The summed E-state index contributed by atoms with van der Waals surface area (Å²) < 4.78 is 40.7. The average molecular weight is 1570 g/mol. The molecule has 608 valence electrons. The zero-order valence-electron chi connectivity index (χ0n) is 68.6. The summed E-state index contributed by atoms with van der Waals surface area (Å²) in [7, 11) is 8.44. The Morgan fingerprint density at radius 3 is 1.22 bits per heavy atom. The highest BCUT2D eigenvalue weighted by Gasteiger charge is 2.39. The normalized spacial score (nSPS) is 15.4. The Morgan fingerprint density at radius 1 is 0.376 bits per heavy atom. The maximum Gasteiger partial charge on any atom is 0.251 e. The molecule has 6 aliphatic rings. The van der Waals surface area contributed by atoms with Crippen LogP contribution in [0.5, 0.6) is 17.2 Å². The molecule has 117 heavy (non-hydrogen) atoms. The van der Waals surface area contributed by atoms with Gasteiger partial charge in [0.05, 0.1) is 40.6 Å². The van der Waals surface area contributed by atoms with Crippen molar-refractivity contribution >= 4 is 45.3 Å². The number of para-hydroxylation sites is 1. The summed E-state index contributed by atoms with van der Waals surface area (Å²) in [4.78, 5) is 48.9. The second-order valence-corrected chi connectivity index (χ2v) is 31.1. The molecule has 16 rings (SSSR count). The van der Waals surface area contributed by atoms with Crippen LogP contribution in [0.25, 0.3) is 61.0 Å². The minimum Gasteiger partial charge on any atom is -0.497 e. The number of ether oxygens (including phenoxy) is 7. The van der Waals surface area contributed by atoms with Crippen LogP contribution in [0.4, 0.5) is 0 Å². The molecule has 1 aromatic heterocycles. The highest BCUT2D eigenvalue weighted by Crippen LogP contribution is 2.40. The molecule has 4 heterocycles. The van der Waals surface area contributed by atoms with Crippen LogP contribution in [-0.4, -0.2) is 163 Å². The van der Waals surface area contributed by atoms with Gasteiger partial charge in [0.15, 0.2) is 0 Å². The number of aromatic nitrogens is 1. The molecule has 17 heteroatoms. The topological polar surface area (TPSA) is 167 Å². The number of carbonyl (C=O) groups excluding carboxylic acids is 3. The quantitative estimate of drug-likeness (QED) is 0.0327. The van der Waals surface area contributed by atoms with Crippen LogP contribution in [0.1, 0.15) is 110 Å². The van der Waals surface area contributed by atoms with Crippen molar-refractivity contribution in [3.63, 3.8) is 0 Å². The number of hydrogen-bond acceptors (Lipinski definition) is 13. The third-order valence-electron chi connectivity index (χ3n) is 22.7. The lowest BCUT2D eigenvalue weighted by molar-refractivity contribution is -0.129. The van der Waals surface area contributed by atoms with Crippen molar-refractivity contribution in [3.8, 4) is 50.6 Å². The van der Waals surface area contributed by atoms with Gasteiger partial charge in [-0.2, -0.15) is 0 Å². The first-order valence-electron chi connectivity index (χ1n) is 41.8. The van der Waals surface area contributed by atoms with E-state index in [0.717, 1.165) is 182 Å². The number of methoxy groups -OCH3 is 5. The molecule has 0 unspecified atom stereocenters. The van der Waals surface area contributed by atoms with Crippen molar-refractivity contribution < 1.29 is 47.5 Å². The number of carbonyl (C=O) groups is 3.